The van der Waals surface area contributed by atoms with Crippen molar-refractivity contribution in [1.29, 1.82) is 0 Å². The Morgan fingerprint density at radius 2 is 2.14 bits per heavy atom. The second kappa shape index (κ2) is 5.13. The predicted octanol–water partition coefficient (Wildman–Crippen LogP) is 4.99. The molecule has 1 saturated carbocycles. The van der Waals surface area contributed by atoms with Crippen LogP contribution in [-0.4, -0.2) is 16.7 Å². The van der Waals surface area contributed by atoms with Gasteiger partial charge in [0.2, 0.25) is 0 Å². The number of ether oxygens (including phenoxy) is 1. The normalized spacial score (nSPS) is 21.6. The summed E-state index contributed by atoms with van der Waals surface area (Å²) in [7, 11) is 1.49. The molecule has 1 unspecified atom stereocenters. The maximum atomic E-state index is 13.9. The number of rotatable bonds is 2. The topological polar surface area (TPSA) is 29.9 Å². The van der Waals surface area contributed by atoms with E-state index in [-0.39, 0.29) is 17.0 Å². The molecule has 2 aromatic rings. The highest BCUT2D eigenvalue weighted by Gasteiger charge is 2.34. The molecule has 3 rings (SSSR count). The monoisotopic (exact) mass is 308 g/mol. The number of imidazole rings is 1. The molecule has 0 saturated heterocycles. The van der Waals surface area contributed by atoms with Crippen molar-refractivity contribution in [3.05, 3.63) is 22.7 Å². The number of aromatic nitrogens is 2. The standard InChI is InChI=1S/C16H21FN2OS/c1-16(2)7-5-4-6-14(16)19-12-9-13(20-3)10(17)8-11(12)18-15(19)21/h8-9,14H,4-7H2,1-3H3,(H,18,21). The minimum absolute atomic E-state index is 0.188. The smallest absolute Gasteiger partial charge is 0.178 e. The summed E-state index contributed by atoms with van der Waals surface area (Å²) in [4.78, 5) is 3.14. The van der Waals surface area contributed by atoms with Gasteiger partial charge in [0, 0.05) is 18.2 Å². The zero-order chi connectivity index (χ0) is 15.2. The minimum atomic E-state index is -0.365. The maximum Gasteiger partial charge on any atom is 0.178 e. The first-order chi connectivity index (χ1) is 9.94. The van der Waals surface area contributed by atoms with E-state index in [9.17, 15) is 4.39 Å². The Morgan fingerprint density at radius 3 is 2.81 bits per heavy atom. The fraction of sp³-hybridized carbons (Fsp3) is 0.562. The highest BCUT2D eigenvalue weighted by atomic mass is 32.1. The Kier molecular flexibility index (Phi) is 3.56. The molecule has 5 heteroatoms. The predicted molar refractivity (Wildman–Crippen MR) is 84.9 cm³/mol. The van der Waals surface area contributed by atoms with Gasteiger partial charge in [0.15, 0.2) is 16.3 Å². The summed E-state index contributed by atoms with van der Waals surface area (Å²) in [5.41, 5.74) is 1.85. The Balaban J connectivity index is 2.22. The third-order valence-electron chi connectivity index (χ3n) is 4.75. The van der Waals surface area contributed by atoms with Gasteiger partial charge in [-0.2, -0.15) is 0 Å². The molecular weight excluding hydrogens is 287 g/mol. The molecule has 1 aromatic carbocycles. The molecule has 1 aromatic heterocycles. The fourth-order valence-corrected chi connectivity index (χ4v) is 3.88. The lowest BCUT2D eigenvalue weighted by atomic mass is 9.73. The number of fused-ring (bicyclic) bond motifs is 1. The highest BCUT2D eigenvalue weighted by molar-refractivity contribution is 7.71. The molecule has 21 heavy (non-hydrogen) atoms. The van der Waals surface area contributed by atoms with Crippen LogP contribution >= 0.6 is 12.2 Å². The van der Waals surface area contributed by atoms with Crippen LogP contribution < -0.4 is 4.74 Å². The Bertz CT molecular complexity index is 732. The van der Waals surface area contributed by atoms with Gasteiger partial charge in [0.25, 0.3) is 0 Å². The van der Waals surface area contributed by atoms with Crippen LogP contribution in [0.25, 0.3) is 11.0 Å². The molecular formula is C16H21FN2OS. The molecule has 1 N–H and O–H groups in total. The van der Waals surface area contributed by atoms with Crippen LogP contribution in [0.3, 0.4) is 0 Å². The zero-order valence-corrected chi connectivity index (χ0v) is 13.5. The van der Waals surface area contributed by atoms with E-state index in [0.29, 0.717) is 10.8 Å². The third kappa shape index (κ3) is 2.37. The first-order valence-electron chi connectivity index (χ1n) is 7.42. The van der Waals surface area contributed by atoms with Gasteiger partial charge >= 0.3 is 0 Å². The minimum Gasteiger partial charge on any atom is -0.494 e. The van der Waals surface area contributed by atoms with Crippen LogP contribution in [0, 0.1) is 16.0 Å². The van der Waals surface area contributed by atoms with E-state index >= 15 is 0 Å². The summed E-state index contributed by atoms with van der Waals surface area (Å²) in [5, 5.41) is 0. The molecule has 114 valence electrons. The summed E-state index contributed by atoms with van der Waals surface area (Å²) < 4.78 is 21.8. The number of H-pyrrole nitrogens is 1. The summed E-state index contributed by atoms with van der Waals surface area (Å²) in [6.45, 7) is 4.58. The molecule has 0 amide bonds. The number of methoxy groups -OCH3 is 1. The third-order valence-corrected chi connectivity index (χ3v) is 5.05. The van der Waals surface area contributed by atoms with Gasteiger partial charge in [-0.25, -0.2) is 4.39 Å². The van der Waals surface area contributed by atoms with E-state index in [1.165, 1.54) is 32.4 Å². The Morgan fingerprint density at radius 1 is 1.38 bits per heavy atom. The molecule has 0 aliphatic heterocycles. The number of nitrogens with zero attached hydrogens (tertiary/aromatic N) is 1. The Labute approximate surface area is 129 Å². The number of aromatic amines is 1. The number of nitrogens with one attached hydrogen (secondary N) is 1. The number of halogens is 1. The van der Waals surface area contributed by atoms with Crippen molar-refractivity contribution in [2.75, 3.05) is 7.11 Å². The van der Waals surface area contributed by atoms with Crippen molar-refractivity contribution in [3.8, 4) is 5.75 Å². The first kappa shape index (κ1) is 14.6. The lowest BCUT2D eigenvalue weighted by Gasteiger charge is -2.39. The second-order valence-electron chi connectivity index (χ2n) is 6.55. The van der Waals surface area contributed by atoms with Crippen molar-refractivity contribution in [3.63, 3.8) is 0 Å². The molecule has 0 radical (unpaired) electrons. The van der Waals surface area contributed by atoms with E-state index in [2.05, 4.69) is 23.4 Å². The molecule has 1 aliphatic rings. The van der Waals surface area contributed by atoms with Crippen molar-refractivity contribution >= 4 is 23.3 Å². The fourth-order valence-electron chi connectivity index (χ4n) is 3.55. The van der Waals surface area contributed by atoms with E-state index < -0.39 is 0 Å². The maximum absolute atomic E-state index is 13.9. The van der Waals surface area contributed by atoms with Gasteiger partial charge in [-0.1, -0.05) is 26.7 Å². The van der Waals surface area contributed by atoms with Crippen LogP contribution in [0.4, 0.5) is 4.39 Å². The van der Waals surface area contributed by atoms with Gasteiger partial charge in [0.1, 0.15) is 0 Å². The van der Waals surface area contributed by atoms with Crippen molar-refractivity contribution in [1.82, 2.24) is 9.55 Å². The van der Waals surface area contributed by atoms with E-state index in [1.807, 2.05) is 0 Å². The first-order valence-corrected chi connectivity index (χ1v) is 7.82. The SMILES string of the molecule is COc1cc2c(cc1F)[nH]c(=S)n2C1CCCCC1(C)C. The van der Waals surface area contributed by atoms with Gasteiger partial charge in [-0.3, -0.25) is 0 Å². The second-order valence-corrected chi connectivity index (χ2v) is 6.94. The van der Waals surface area contributed by atoms with Gasteiger partial charge < -0.3 is 14.3 Å². The zero-order valence-electron chi connectivity index (χ0n) is 12.7. The van der Waals surface area contributed by atoms with Gasteiger partial charge in [-0.15, -0.1) is 0 Å². The Hall–Kier alpha value is -1.36. The van der Waals surface area contributed by atoms with Gasteiger partial charge in [0.05, 0.1) is 18.1 Å². The summed E-state index contributed by atoms with van der Waals surface area (Å²) in [6, 6.07) is 3.56. The average Bonchev–Trinajstić information content (AvgIpc) is 2.72. The molecule has 1 fully saturated rings. The van der Waals surface area contributed by atoms with Crippen molar-refractivity contribution in [2.24, 2.45) is 5.41 Å². The molecule has 0 bridgehead atoms. The summed E-state index contributed by atoms with van der Waals surface area (Å²) in [6.07, 6.45) is 4.76. The quantitative estimate of drug-likeness (QED) is 0.792. The van der Waals surface area contributed by atoms with Crippen LogP contribution in [0.15, 0.2) is 12.1 Å². The molecule has 1 aliphatic carbocycles. The largest absolute Gasteiger partial charge is 0.494 e. The van der Waals surface area contributed by atoms with E-state index in [0.717, 1.165) is 17.5 Å². The highest BCUT2D eigenvalue weighted by Crippen LogP contribution is 2.45. The van der Waals surface area contributed by atoms with E-state index in [1.54, 1.807) is 6.07 Å². The van der Waals surface area contributed by atoms with Crippen LogP contribution in [0.5, 0.6) is 5.75 Å². The molecule has 0 spiro atoms. The van der Waals surface area contributed by atoms with Gasteiger partial charge in [-0.05, 0) is 30.5 Å². The number of benzene rings is 1. The van der Waals surface area contributed by atoms with Crippen LogP contribution in [-0.2, 0) is 0 Å². The van der Waals surface area contributed by atoms with Crippen molar-refractivity contribution < 1.29 is 9.13 Å². The average molecular weight is 308 g/mol. The molecule has 1 heterocycles. The van der Waals surface area contributed by atoms with Crippen LogP contribution in [0.1, 0.15) is 45.6 Å². The molecule has 1 atom stereocenters. The lowest BCUT2D eigenvalue weighted by molar-refractivity contribution is 0.146. The van der Waals surface area contributed by atoms with Crippen molar-refractivity contribution in [2.45, 2.75) is 45.6 Å². The number of hydrogen-bond acceptors (Lipinski definition) is 2. The van der Waals surface area contributed by atoms with E-state index in [4.69, 9.17) is 17.0 Å². The number of hydrogen-bond donors (Lipinski definition) is 1. The van der Waals surface area contributed by atoms with Crippen LogP contribution in [0.2, 0.25) is 0 Å². The molecule has 3 nitrogen and oxygen atoms in total. The summed E-state index contributed by atoms with van der Waals surface area (Å²) >= 11 is 5.50. The summed E-state index contributed by atoms with van der Waals surface area (Å²) in [5.74, 6) is -0.102. The lowest BCUT2D eigenvalue weighted by Crippen LogP contribution is -2.30.